The Morgan fingerprint density at radius 2 is 1.95 bits per heavy atom. The summed E-state index contributed by atoms with van der Waals surface area (Å²) in [7, 11) is 0. The van der Waals surface area contributed by atoms with Gasteiger partial charge in [-0.15, -0.1) is 0 Å². The van der Waals surface area contributed by atoms with Crippen molar-refractivity contribution in [2.75, 3.05) is 5.75 Å². The summed E-state index contributed by atoms with van der Waals surface area (Å²) in [4.78, 5) is 5.00. The molecule has 2 nitrogen and oxygen atoms in total. The van der Waals surface area contributed by atoms with Gasteiger partial charge in [-0.2, -0.15) is 0 Å². The normalized spacial score (nSPS) is 39.0. The Labute approximate surface area is 122 Å². The average Bonchev–Trinajstić information content (AvgIpc) is 2.86. The summed E-state index contributed by atoms with van der Waals surface area (Å²) in [6.07, 6.45) is 9.69. The van der Waals surface area contributed by atoms with Crippen LogP contribution in [0.3, 0.4) is 0 Å². The van der Waals surface area contributed by atoms with E-state index in [0.717, 1.165) is 17.8 Å². The Bertz CT molecular complexity index is 340. The second kappa shape index (κ2) is 6.07. The lowest BCUT2D eigenvalue weighted by Crippen LogP contribution is -2.44. The van der Waals surface area contributed by atoms with E-state index in [1.807, 2.05) is 11.8 Å². The van der Waals surface area contributed by atoms with Crippen LogP contribution in [0.2, 0.25) is 0 Å². The Balaban J connectivity index is 1.63. The van der Waals surface area contributed by atoms with Crippen molar-refractivity contribution in [2.24, 2.45) is 22.7 Å². The molecule has 2 fully saturated rings. The monoisotopic (exact) mass is 280 g/mol. The van der Waals surface area contributed by atoms with Crippen molar-refractivity contribution in [1.29, 1.82) is 0 Å². The van der Waals surface area contributed by atoms with Gasteiger partial charge in [0.05, 0.1) is 6.04 Å². The fourth-order valence-corrected chi connectivity index (χ4v) is 5.34. The minimum Gasteiger partial charge on any atom is -0.362 e. The van der Waals surface area contributed by atoms with Crippen molar-refractivity contribution < 1.29 is 0 Å². The summed E-state index contributed by atoms with van der Waals surface area (Å²) in [6.45, 7) is 4.76. The first-order chi connectivity index (χ1) is 9.24. The Hall–Kier alpha value is -0.180. The summed E-state index contributed by atoms with van der Waals surface area (Å²) in [6, 6.07) is 1.32. The third kappa shape index (κ3) is 3.12. The summed E-state index contributed by atoms with van der Waals surface area (Å²) >= 11 is 1.99. The first-order valence-electron chi connectivity index (χ1n) is 8.21. The molecule has 3 rings (SSSR count). The number of nitrogens with one attached hydrogen (secondary N) is 1. The highest BCUT2D eigenvalue weighted by atomic mass is 32.2. The van der Waals surface area contributed by atoms with Gasteiger partial charge >= 0.3 is 0 Å². The van der Waals surface area contributed by atoms with Crippen molar-refractivity contribution in [3.05, 3.63) is 0 Å². The van der Waals surface area contributed by atoms with Crippen molar-refractivity contribution in [1.82, 2.24) is 5.32 Å². The maximum absolute atomic E-state index is 5.00. The van der Waals surface area contributed by atoms with E-state index in [0.29, 0.717) is 12.1 Å². The van der Waals surface area contributed by atoms with Gasteiger partial charge in [0.1, 0.15) is 0 Å². The number of hydrogen-bond acceptors (Lipinski definition) is 3. The second-order valence-corrected chi connectivity index (χ2v) is 7.96. The molecule has 0 amide bonds. The van der Waals surface area contributed by atoms with Gasteiger partial charge in [-0.05, 0) is 43.4 Å². The fourth-order valence-electron chi connectivity index (χ4n) is 4.13. The van der Waals surface area contributed by atoms with Crippen LogP contribution in [-0.4, -0.2) is 23.0 Å². The molecule has 2 aliphatic carbocycles. The SMILES string of the molecule is CC(C)C1CCCCC1NC1=NC2CCCC2CS1. The van der Waals surface area contributed by atoms with E-state index in [1.54, 1.807) is 0 Å². The lowest BCUT2D eigenvalue weighted by Gasteiger charge is -2.36. The van der Waals surface area contributed by atoms with Gasteiger partial charge in [-0.3, -0.25) is 4.99 Å². The molecule has 0 aromatic heterocycles. The summed E-state index contributed by atoms with van der Waals surface area (Å²) in [5.41, 5.74) is 0. The number of hydrogen-bond donors (Lipinski definition) is 1. The van der Waals surface area contributed by atoms with E-state index >= 15 is 0 Å². The highest BCUT2D eigenvalue weighted by Crippen LogP contribution is 2.36. The van der Waals surface area contributed by atoms with E-state index in [4.69, 9.17) is 4.99 Å². The van der Waals surface area contributed by atoms with E-state index in [2.05, 4.69) is 19.2 Å². The lowest BCUT2D eigenvalue weighted by molar-refractivity contribution is 0.224. The summed E-state index contributed by atoms with van der Waals surface area (Å²) in [5, 5.41) is 5.08. The number of amidine groups is 1. The molecule has 0 bridgehead atoms. The van der Waals surface area contributed by atoms with Crippen molar-refractivity contribution in [3.63, 3.8) is 0 Å². The molecule has 0 aromatic carbocycles. The summed E-state index contributed by atoms with van der Waals surface area (Å²) < 4.78 is 0. The van der Waals surface area contributed by atoms with E-state index in [-0.39, 0.29) is 0 Å². The Morgan fingerprint density at radius 3 is 2.79 bits per heavy atom. The third-order valence-electron chi connectivity index (χ3n) is 5.32. The molecule has 4 unspecified atom stereocenters. The van der Waals surface area contributed by atoms with Gasteiger partial charge in [0.15, 0.2) is 5.17 Å². The van der Waals surface area contributed by atoms with Crippen LogP contribution in [0.4, 0.5) is 0 Å². The predicted octanol–water partition coefficient (Wildman–Crippen LogP) is 4.06. The average molecular weight is 280 g/mol. The van der Waals surface area contributed by atoms with E-state index in [1.165, 1.54) is 55.9 Å². The minimum atomic E-state index is 0.643. The Kier molecular flexibility index (Phi) is 4.40. The van der Waals surface area contributed by atoms with Crippen LogP contribution < -0.4 is 5.32 Å². The van der Waals surface area contributed by atoms with Gasteiger partial charge in [-0.25, -0.2) is 0 Å². The van der Waals surface area contributed by atoms with E-state index in [9.17, 15) is 0 Å². The van der Waals surface area contributed by atoms with Gasteiger partial charge in [0, 0.05) is 11.8 Å². The molecule has 108 valence electrons. The molecule has 0 aromatic rings. The molecule has 0 spiro atoms. The van der Waals surface area contributed by atoms with Gasteiger partial charge in [0.2, 0.25) is 0 Å². The number of nitrogens with zero attached hydrogens (tertiary/aromatic N) is 1. The lowest BCUT2D eigenvalue weighted by atomic mass is 9.78. The predicted molar refractivity (Wildman–Crippen MR) is 84.7 cm³/mol. The second-order valence-electron chi connectivity index (χ2n) is 6.95. The zero-order valence-corrected chi connectivity index (χ0v) is 13.2. The first kappa shape index (κ1) is 13.8. The number of rotatable bonds is 2. The van der Waals surface area contributed by atoms with E-state index < -0.39 is 0 Å². The highest BCUT2D eigenvalue weighted by Gasteiger charge is 2.33. The van der Waals surface area contributed by atoms with Crippen molar-refractivity contribution in [3.8, 4) is 0 Å². The number of aliphatic imine (C=N–C) groups is 1. The maximum atomic E-state index is 5.00. The molecular weight excluding hydrogens is 252 g/mol. The van der Waals surface area contributed by atoms with Crippen LogP contribution in [-0.2, 0) is 0 Å². The zero-order valence-electron chi connectivity index (χ0n) is 12.4. The molecule has 2 saturated carbocycles. The molecule has 1 N–H and O–H groups in total. The van der Waals surface area contributed by atoms with Crippen LogP contribution in [0.5, 0.6) is 0 Å². The minimum absolute atomic E-state index is 0.643. The molecule has 0 saturated heterocycles. The molecule has 3 aliphatic rings. The summed E-state index contributed by atoms with van der Waals surface area (Å²) in [5.74, 6) is 3.82. The zero-order chi connectivity index (χ0) is 13.2. The maximum Gasteiger partial charge on any atom is 0.157 e. The molecule has 4 atom stereocenters. The van der Waals surface area contributed by atoms with Crippen LogP contribution >= 0.6 is 11.8 Å². The first-order valence-corrected chi connectivity index (χ1v) is 9.19. The molecule has 1 aliphatic heterocycles. The van der Waals surface area contributed by atoms with Gasteiger partial charge in [0.25, 0.3) is 0 Å². The topological polar surface area (TPSA) is 24.4 Å². The molecular formula is C16H28N2S. The molecule has 19 heavy (non-hydrogen) atoms. The standard InChI is InChI=1S/C16H28N2S/c1-11(2)13-7-3-4-8-15(13)18-16-17-14-9-5-6-12(14)10-19-16/h11-15H,3-10H2,1-2H3,(H,17,18). The molecule has 0 radical (unpaired) electrons. The van der Waals surface area contributed by atoms with Crippen molar-refractivity contribution in [2.45, 2.75) is 70.9 Å². The Morgan fingerprint density at radius 1 is 1.11 bits per heavy atom. The van der Waals surface area contributed by atoms with Crippen LogP contribution in [0.15, 0.2) is 4.99 Å². The largest absolute Gasteiger partial charge is 0.362 e. The van der Waals surface area contributed by atoms with Crippen LogP contribution in [0.1, 0.15) is 58.8 Å². The van der Waals surface area contributed by atoms with Gasteiger partial charge in [-0.1, -0.05) is 44.9 Å². The smallest absolute Gasteiger partial charge is 0.157 e. The van der Waals surface area contributed by atoms with Crippen LogP contribution in [0.25, 0.3) is 0 Å². The van der Waals surface area contributed by atoms with Crippen LogP contribution in [0, 0.1) is 17.8 Å². The third-order valence-corrected chi connectivity index (χ3v) is 6.41. The fraction of sp³-hybridized carbons (Fsp3) is 0.938. The highest BCUT2D eigenvalue weighted by molar-refractivity contribution is 8.13. The number of thioether (sulfide) groups is 1. The van der Waals surface area contributed by atoms with Gasteiger partial charge < -0.3 is 5.32 Å². The van der Waals surface area contributed by atoms with Crippen molar-refractivity contribution >= 4 is 16.9 Å². The quantitative estimate of drug-likeness (QED) is 0.825. The number of fused-ring (bicyclic) bond motifs is 1. The molecule has 1 heterocycles. The molecule has 3 heteroatoms.